The fourth-order valence-corrected chi connectivity index (χ4v) is 3.43. The van der Waals surface area contributed by atoms with Crippen molar-refractivity contribution in [1.82, 2.24) is 9.97 Å². The standard InChI is InChI=1S/C26H8F6N6O2/c27-25(28,29)17-5-1-13(2-6-17)19-21(39-23(37-19)15(9-33)10-34)22-20(38-24(40-22)16(11-35)12-36)14-3-7-18(8-4-14)26(30,31)32/h1-8H/b22-21+. The molecule has 0 saturated carbocycles. The molecule has 0 aliphatic rings. The van der Waals surface area contributed by atoms with Crippen LogP contribution in [0.3, 0.4) is 0 Å². The van der Waals surface area contributed by atoms with Gasteiger partial charge in [0.05, 0.1) is 11.1 Å². The number of hydrogen-bond donors (Lipinski definition) is 0. The summed E-state index contributed by atoms with van der Waals surface area (Å²) in [5.41, 5.74) is -5.50. The lowest BCUT2D eigenvalue weighted by molar-refractivity contribution is -0.138. The second-order valence-electron chi connectivity index (χ2n) is 7.74. The van der Waals surface area contributed by atoms with Crippen LogP contribution in [-0.4, -0.2) is 9.97 Å². The molecule has 0 aliphatic carbocycles. The smallest absolute Gasteiger partial charge is 0.416 e. The fraction of sp³-hybridized carbons (Fsp3) is 0.0769. The number of benzene rings is 2. The third-order valence-electron chi connectivity index (χ3n) is 5.31. The fourth-order valence-electron chi connectivity index (χ4n) is 3.43. The van der Waals surface area contributed by atoms with Crippen LogP contribution < -0.4 is 11.1 Å². The van der Waals surface area contributed by atoms with Gasteiger partial charge in [-0.05, 0) is 24.3 Å². The molecule has 4 aromatic rings. The lowest BCUT2D eigenvalue weighted by Gasteiger charge is -2.06. The summed E-state index contributed by atoms with van der Waals surface area (Å²) in [6.07, 6.45) is -9.31. The average molecular weight is 550 g/mol. The van der Waals surface area contributed by atoms with Crippen LogP contribution in [0.25, 0.3) is 33.7 Å². The summed E-state index contributed by atoms with van der Waals surface area (Å²) in [5, 5.41) is 37.1. The average Bonchev–Trinajstić information content (AvgIpc) is 3.55. The molecule has 0 fully saturated rings. The summed E-state index contributed by atoms with van der Waals surface area (Å²) < 4.78 is 89.8. The lowest BCUT2D eigenvalue weighted by Crippen LogP contribution is -2.05. The zero-order chi connectivity index (χ0) is 29.2. The number of hydrogen-bond acceptors (Lipinski definition) is 8. The Morgan fingerprint density at radius 2 is 0.850 bits per heavy atom. The van der Waals surface area contributed by atoms with Gasteiger partial charge in [0, 0.05) is 11.1 Å². The second-order valence-corrected chi connectivity index (χ2v) is 7.74. The Labute approximate surface area is 218 Å². The molecule has 0 aliphatic heterocycles. The first-order chi connectivity index (χ1) is 18.9. The molecule has 196 valence electrons. The number of aromatic nitrogens is 2. The summed E-state index contributed by atoms with van der Waals surface area (Å²) in [6, 6.07) is 13.3. The molecule has 0 unspecified atom stereocenters. The van der Waals surface area contributed by atoms with E-state index >= 15 is 0 Å². The number of alkyl halides is 6. The molecule has 8 nitrogen and oxygen atoms in total. The quantitative estimate of drug-likeness (QED) is 0.326. The largest absolute Gasteiger partial charge is 0.431 e. The Balaban J connectivity index is 2.19. The first kappa shape index (κ1) is 27.2. The normalized spacial score (nSPS) is 12.1. The van der Waals surface area contributed by atoms with Gasteiger partial charge in [0.2, 0.25) is 21.9 Å². The van der Waals surface area contributed by atoms with Crippen LogP contribution in [0.1, 0.15) is 11.1 Å². The van der Waals surface area contributed by atoms with Crippen molar-refractivity contribution >= 4 is 11.1 Å². The van der Waals surface area contributed by atoms with Crippen molar-refractivity contribution in [2.24, 2.45) is 0 Å². The molecule has 0 atom stereocenters. The second kappa shape index (κ2) is 10.1. The van der Waals surface area contributed by atoms with Crippen LogP contribution in [0.5, 0.6) is 0 Å². The minimum absolute atomic E-state index is 0.00863. The maximum atomic E-state index is 13.1. The summed E-state index contributed by atoms with van der Waals surface area (Å²) in [6.45, 7) is 0. The Morgan fingerprint density at radius 3 is 1.10 bits per heavy atom. The highest BCUT2D eigenvalue weighted by Gasteiger charge is 2.31. The maximum Gasteiger partial charge on any atom is 0.416 e. The van der Waals surface area contributed by atoms with E-state index in [-0.39, 0.29) is 33.3 Å². The van der Waals surface area contributed by atoms with Crippen molar-refractivity contribution in [1.29, 1.82) is 21.0 Å². The van der Waals surface area contributed by atoms with Crippen molar-refractivity contribution in [2.45, 2.75) is 12.4 Å². The maximum absolute atomic E-state index is 13.1. The van der Waals surface area contributed by atoms with E-state index in [1.54, 1.807) is 24.3 Å². The van der Waals surface area contributed by atoms with Crippen LogP contribution in [0, 0.1) is 56.2 Å². The molecule has 0 amide bonds. The van der Waals surface area contributed by atoms with Gasteiger partial charge in [-0.15, -0.1) is 0 Å². The Kier molecular flexibility index (Phi) is 6.88. The number of halogens is 6. The molecule has 0 saturated heterocycles. The first-order valence-electron chi connectivity index (χ1n) is 10.6. The van der Waals surface area contributed by atoms with Crippen molar-refractivity contribution < 1.29 is 35.2 Å². The van der Waals surface area contributed by atoms with E-state index in [9.17, 15) is 47.4 Å². The van der Waals surface area contributed by atoms with Gasteiger partial charge < -0.3 is 8.83 Å². The minimum Gasteiger partial charge on any atom is -0.431 e. The molecule has 2 aromatic carbocycles. The molecular weight excluding hydrogens is 542 g/mol. The van der Waals surface area contributed by atoms with E-state index < -0.39 is 45.7 Å². The molecule has 4 rings (SSSR count). The molecule has 14 heteroatoms. The van der Waals surface area contributed by atoms with Crippen LogP contribution >= 0.6 is 0 Å². The van der Waals surface area contributed by atoms with E-state index in [1.165, 1.54) is 0 Å². The molecule has 0 bridgehead atoms. The SMILES string of the molecule is N#CC(C#N)=c1nc(-c2ccc(C(F)(F)F)cc2)/c(=c2\oc(=C(C#N)C#N)nc2-c2ccc(C(F)(F)F)cc2)o1. The highest BCUT2D eigenvalue weighted by Crippen LogP contribution is 2.32. The summed E-state index contributed by atoms with van der Waals surface area (Å²) in [7, 11) is 0. The van der Waals surface area contributed by atoms with Crippen molar-refractivity contribution in [3.05, 3.63) is 81.6 Å². The Hall–Kier alpha value is -5.86. The summed E-state index contributed by atoms with van der Waals surface area (Å²) >= 11 is 0. The van der Waals surface area contributed by atoms with Crippen molar-refractivity contribution in [2.75, 3.05) is 0 Å². The molecular formula is C26H8F6N6O2. The number of nitriles is 4. The van der Waals surface area contributed by atoms with Gasteiger partial charge in [-0.2, -0.15) is 47.4 Å². The molecule has 0 N–H and O–H groups in total. The van der Waals surface area contributed by atoms with Crippen molar-refractivity contribution in [3.8, 4) is 46.8 Å². The van der Waals surface area contributed by atoms with E-state index in [4.69, 9.17) is 8.83 Å². The molecule has 0 spiro atoms. The molecule has 2 aromatic heterocycles. The van der Waals surface area contributed by atoms with Crippen LogP contribution in [0.4, 0.5) is 26.3 Å². The number of rotatable bonds is 2. The Morgan fingerprint density at radius 1 is 0.550 bits per heavy atom. The van der Waals surface area contributed by atoms with Gasteiger partial charge in [-0.3, -0.25) is 0 Å². The zero-order valence-corrected chi connectivity index (χ0v) is 19.4. The number of oxazole rings is 2. The topological polar surface area (TPSA) is 147 Å². The van der Waals surface area contributed by atoms with E-state index in [0.29, 0.717) is 0 Å². The van der Waals surface area contributed by atoms with Gasteiger partial charge in [0.1, 0.15) is 35.7 Å². The van der Waals surface area contributed by atoms with Gasteiger partial charge in [0.25, 0.3) is 0 Å². The van der Waals surface area contributed by atoms with Gasteiger partial charge in [-0.1, -0.05) is 24.3 Å². The van der Waals surface area contributed by atoms with E-state index in [1.807, 2.05) is 0 Å². The predicted molar refractivity (Wildman–Crippen MR) is 120 cm³/mol. The van der Waals surface area contributed by atoms with E-state index in [2.05, 4.69) is 9.97 Å². The third kappa shape index (κ3) is 5.10. The first-order valence-corrected chi connectivity index (χ1v) is 10.6. The predicted octanol–water partition coefficient (Wildman–Crippen LogP) is 4.72. The highest BCUT2D eigenvalue weighted by molar-refractivity contribution is 5.72. The van der Waals surface area contributed by atoms with Gasteiger partial charge in [0.15, 0.2) is 11.1 Å². The lowest BCUT2D eigenvalue weighted by atomic mass is 10.1. The van der Waals surface area contributed by atoms with Crippen LogP contribution in [0.2, 0.25) is 0 Å². The minimum atomic E-state index is -4.66. The van der Waals surface area contributed by atoms with Crippen LogP contribution in [0.15, 0.2) is 57.4 Å². The highest BCUT2D eigenvalue weighted by atomic mass is 19.4. The van der Waals surface area contributed by atoms with Gasteiger partial charge in [-0.25, -0.2) is 9.97 Å². The zero-order valence-electron chi connectivity index (χ0n) is 19.4. The van der Waals surface area contributed by atoms with Gasteiger partial charge >= 0.3 is 12.4 Å². The van der Waals surface area contributed by atoms with E-state index in [0.717, 1.165) is 48.5 Å². The molecule has 0 radical (unpaired) electrons. The van der Waals surface area contributed by atoms with Crippen LogP contribution in [-0.2, 0) is 12.4 Å². The monoisotopic (exact) mass is 550 g/mol. The third-order valence-corrected chi connectivity index (χ3v) is 5.31. The Bertz CT molecular complexity index is 1830. The van der Waals surface area contributed by atoms with Crippen molar-refractivity contribution in [3.63, 3.8) is 0 Å². The number of nitrogens with zero attached hydrogens (tertiary/aromatic N) is 6. The molecule has 2 heterocycles. The summed E-state index contributed by atoms with van der Waals surface area (Å²) in [4.78, 5) is 8.13. The molecule has 40 heavy (non-hydrogen) atoms. The summed E-state index contributed by atoms with van der Waals surface area (Å²) in [5.74, 6) is 0.